The van der Waals surface area contributed by atoms with Crippen molar-refractivity contribution in [2.24, 2.45) is 5.92 Å². The molecule has 24 heavy (non-hydrogen) atoms. The first-order valence-electron chi connectivity index (χ1n) is 7.82. The Morgan fingerprint density at radius 3 is 2.88 bits per heavy atom. The van der Waals surface area contributed by atoms with Crippen molar-refractivity contribution in [2.75, 3.05) is 5.73 Å². The molecule has 5 heteroatoms. The molecule has 0 bridgehead atoms. The number of phenols is 1. The van der Waals surface area contributed by atoms with Crippen LogP contribution in [0.1, 0.15) is 18.4 Å². The van der Waals surface area contributed by atoms with Crippen LogP contribution in [0.5, 0.6) is 5.75 Å². The number of nitrogens with two attached hydrogens (primary N) is 1. The summed E-state index contributed by atoms with van der Waals surface area (Å²) in [5.41, 5.74) is 8.00. The minimum absolute atomic E-state index is 0.182. The lowest BCUT2D eigenvalue weighted by Crippen LogP contribution is -1.99. The second-order valence-corrected chi connectivity index (χ2v) is 5.77. The maximum absolute atomic E-state index is 9.98. The second-order valence-electron chi connectivity index (χ2n) is 5.77. The van der Waals surface area contributed by atoms with Crippen molar-refractivity contribution in [3.63, 3.8) is 0 Å². The van der Waals surface area contributed by atoms with Crippen LogP contribution in [-0.2, 0) is 0 Å². The monoisotopic (exact) mass is 316 g/mol. The lowest BCUT2D eigenvalue weighted by Gasteiger charge is -1.99. The largest absolute Gasteiger partial charge is 0.507 e. The van der Waals surface area contributed by atoms with E-state index in [1.165, 1.54) is 0 Å². The Morgan fingerprint density at radius 2 is 2.08 bits per heavy atom. The summed E-state index contributed by atoms with van der Waals surface area (Å²) >= 11 is 0. The summed E-state index contributed by atoms with van der Waals surface area (Å²) in [4.78, 5) is 8.76. The maximum Gasteiger partial charge on any atom is 0.236 e. The van der Waals surface area contributed by atoms with Gasteiger partial charge in [-0.25, -0.2) is 4.98 Å². The van der Waals surface area contributed by atoms with Crippen LogP contribution >= 0.6 is 0 Å². The number of allylic oxidation sites excluding steroid dienone is 2. The Kier molecular flexibility index (Phi) is 3.43. The average molecular weight is 316 g/mol. The first-order valence-corrected chi connectivity index (χ1v) is 7.82. The molecule has 0 amide bonds. The molecule has 1 aliphatic rings. The Labute approximate surface area is 139 Å². The van der Waals surface area contributed by atoms with Crippen LogP contribution < -0.4 is 5.73 Å². The molecule has 3 aromatic rings. The fourth-order valence-electron chi connectivity index (χ4n) is 2.77. The van der Waals surface area contributed by atoms with Crippen molar-refractivity contribution >= 4 is 11.6 Å². The predicted molar refractivity (Wildman–Crippen MR) is 93.2 cm³/mol. The third-order valence-corrected chi connectivity index (χ3v) is 4.06. The quantitative estimate of drug-likeness (QED) is 0.534. The van der Waals surface area contributed by atoms with E-state index >= 15 is 0 Å². The standard InChI is InChI=1S/C19H16N4O/c20-18-14(10-9-13-5-1-2-6-13)11-23-12-16(21-19(23)22-18)15-7-3-4-8-17(15)24/h1,3-5,7-8,11-13,24H,2,6H2,(H2,20,21,22)/t13-/m1/s1. The van der Waals surface area contributed by atoms with Gasteiger partial charge in [0, 0.05) is 23.9 Å². The van der Waals surface area contributed by atoms with Crippen molar-refractivity contribution in [3.05, 3.63) is 54.4 Å². The number of nitrogen functional groups attached to an aromatic ring is 1. The van der Waals surface area contributed by atoms with Crippen molar-refractivity contribution in [1.82, 2.24) is 14.4 Å². The van der Waals surface area contributed by atoms with Crippen LogP contribution in [-0.4, -0.2) is 19.5 Å². The van der Waals surface area contributed by atoms with E-state index in [1.54, 1.807) is 16.5 Å². The van der Waals surface area contributed by atoms with Crippen molar-refractivity contribution in [1.29, 1.82) is 0 Å². The molecular formula is C19H16N4O. The van der Waals surface area contributed by atoms with Crippen molar-refractivity contribution in [2.45, 2.75) is 12.8 Å². The van der Waals surface area contributed by atoms with E-state index in [0.29, 0.717) is 34.3 Å². The van der Waals surface area contributed by atoms with Gasteiger partial charge < -0.3 is 10.8 Å². The van der Waals surface area contributed by atoms with Gasteiger partial charge in [-0.15, -0.1) is 0 Å². The highest BCUT2D eigenvalue weighted by Gasteiger charge is 2.11. The van der Waals surface area contributed by atoms with Gasteiger partial charge in [-0.1, -0.05) is 36.1 Å². The summed E-state index contributed by atoms with van der Waals surface area (Å²) in [7, 11) is 0. The molecule has 0 saturated carbocycles. The van der Waals surface area contributed by atoms with Crippen LogP contribution in [0.3, 0.4) is 0 Å². The van der Waals surface area contributed by atoms with Crippen LogP contribution in [0.4, 0.5) is 5.82 Å². The Bertz CT molecular complexity index is 1010. The average Bonchev–Trinajstić information content (AvgIpc) is 3.22. The molecule has 1 atom stereocenters. The van der Waals surface area contributed by atoms with Gasteiger partial charge in [0.1, 0.15) is 11.6 Å². The molecular weight excluding hydrogens is 300 g/mol. The highest BCUT2D eigenvalue weighted by Crippen LogP contribution is 2.28. The van der Waals surface area contributed by atoms with E-state index in [0.717, 1.165) is 12.8 Å². The van der Waals surface area contributed by atoms with E-state index in [4.69, 9.17) is 5.73 Å². The molecule has 0 unspecified atom stereocenters. The van der Waals surface area contributed by atoms with Crippen molar-refractivity contribution < 1.29 is 5.11 Å². The number of phenolic OH excluding ortho intramolecular Hbond substituents is 1. The number of imidazole rings is 1. The minimum Gasteiger partial charge on any atom is -0.507 e. The van der Waals surface area contributed by atoms with Crippen LogP contribution in [0, 0.1) is 17.8 Å². The Morgan fingerprint density at radius 1 is 1.21 bits per heavy atom. The molecule has 118 valence electrons. The Hall–Kier alpha value is -3.26. The number of anilines is 1. The van der Waals surface area contributed by atoms with Crippen LogP contribution in [0.15, 0.2) is 48.8 Å². The van der Waals surface area contributed by atoms with E-state index in [1.807, 2.05) is 24.5 Å². The lowest BCUT2D eigenvalue weighted by atomic mass is 10.1. The number of aromatic nitrogens is 3. The minimum atomic E-state index is 0.182. The van der Waals surface area contributed by atoms with Gasteiger partial charge >= 0.3 is 0 Å². The van der Waals surface area contributed by atoms with Gasteiger partial charge in [-0.05, 0) is 25.0 Å². The highest BCUT2D eigenvalue weighted by molar-refractivity contribution is 5.68. The zero-order valence-corrected chi connectivity index (χ0v) is 13.0. The van der Waals surface area contributed by atoms with E-state index < -0.39 is 0 Å². The summed E-state index contributed by atoms with van der Waals surface area (Å²) in [6.07, 6.45) is 10.1. The number of para-hydroxylation sites is 1. The zero-order chi connectivity index (χ0) is 16.5. The van der Waals surface area contributed by atoms with E-state index in [-0.39, 0.29) is 5.75 Å². The molecule has 0 radical (unpaired) electrons. The number of nitrogens with zero attached hydrogens (tertiary/aromatic N) is 3. The number of aromatic hydroxyl groups is 1. The summed E-state index contributed by atoms with van der Waals surface area (Å²) < 4.78 is 1.78. The van der Waals surface area contributed by atoms with Gasteiger partial charge in [0.05, 0.1) is 11.3 Å². The maximum atomic E-state index is 9.98. The van der Waals surface area contributed by atoms with Crippen LogP contribution in [0.25, 0.3) is 17.0 Å². The molecule has 2 aromatic heterocycles. The first-order chi connectivity index (χ1) is 11.7. The van der Waals surface area contributed by atoms with Gasteiger partial charge in [0.15, 0.2) is 0 Å². The first kappa shape index (κ1) is 14.3. The number of benzene rings is 1. The zero-order valence-electron chi connectivity index (χ0n) is 13.0. The molecule has 1 aromatic carbocycles. The van der Waals surface area contributed by atoms with E-state index in [2.05, 4.69) is 34.0 Å². The smallest absolute Gasteiger partial charge is 0.236 e. The molecule has 0 saturated heterocycles. The molecule has 4 rings (SSSR count). The van der Waals surface area contributed by atoms with E-state index in [9.17, 15) is 5.11 Å². The van der Waals surface area contributed by atoms with Gasteiger partial charge in [-0.2, -0.15) is 4.98 Å². The molecule has 0 aliphatic heterocycles. The molecule has 0 fully saturated rings. The van der Waals surface area contributed by atoms with Crippen LogP contribution in [0.2, 0.25) is 0 Å². The Balaban J connectivity index is 1.75. The molecule has 2 heterocycles. The second kappa shape index (κ2) is 5.74. The lowest BCUT2D eigenvalue weighted by molar-refractivity contribution is 0.477. The summed E-state index contributed by atoms with van der Waals surface area (Å²) in [6, 6.07) is 7.07. The molecule has 5 nitrogen and oxygen atoms in total. The summed E-state index contributed by atoms with van der Waals surface area (Å²) in [5.74, 6) is 7.67. The SMILES string of the molecule is Nc1nc2nc(-c3ccccc3O)cn2cc1C#C[C@@H]1C=CCC1. The molecule has 1 aliphatic carbocycles. The number of hydrogen-bond acceptors (Lipinski definition) is 4. The van der Waals surface area contributed by atoms with Gasteiger partial charge in [-0.3, -0.25) is 4.40 Å². The topological polar surface area (TPSA) is 76.4 Å². The third-order valence-electron chi connectivity index (χ3n) is 4.06. The highest BCUT2D eigenvalue weighted by atomic mass is 16.3. The number of rotatable bonds is 1. The fraction of sp³-hybridized carbons (Fsp3) is 0.158. The predicted octanol–water partition coefficient (Wildman–Crippen LogP) is 3.00. The fourth-order valence-corrected chi connectivity index (χ4v) is 2.77. The molecule has 3 N–H and O–H groups in total. The summed E-state index contributed by atoms with van der Waals surface area (Å²) in [5, 5.41) is 9.98. The number of hydrogen-bond donors (Lipinski definition) is 2. The normalized spacial score (nSPS) is 16.2. The number of fused-ring (bicyclic) bond motifs is 1. The molecule has 0 spiro atoms. The van der Waals surface area contributed by atoms with Crippen molar-refractivity contribution in [3.8, 4) is 28.8 Å². The van der Waals surface area contributed by atoms with Gasteiger partial charge in [0.25, 0.3) is 0 Å². The van der Waals surface area contributed by atoms with Gasteiger partial charge in [0.2, 0.25) is 5.78 Å². The third kappa shape index (κ3) is 2.59. The summed E-state index contributed by atoms with van der Waals surface area (Å²) in [6.45, 7) is 0.